The SMILES string of the molecule is CCC(CC)(CN)n1cncc1-c1ccccc1. The summed E-state index contributed by atoms with van der Waals surface area (Å²) in [7, 11) is 0. The van der Waals surface area contributed by atoms with E-state index in [0.29, 0.717) is 6.54 Å². The van der Waals surface area contributed by atoms with Crippen molar-refractivity contribution in [3.63, 3.8) is 0 Å². The molecular weight excluding hydrogens is 222 g/mol. The van der Waals surface area contributed by atoms with Crippen molar-refractivity contribution in [2.75, 3.05) is 6.54 Å². The van der Waals surface area contributed by atoms with Crippen LogP contribution in [-0.2, 0) is 5.54 Å². The van der Waals surface area contributed by atoms with E-state index >= 15 is 0 Å². The van der Waals surface area contributed by atoms with E-state index in [1.165, 1.54) is 5.56 Å². The van der Waals surface area contributed by atoms with Gasteiger partial charge in [-0.1, -0.05) is 44.2 Å². The lowest BCUT2D eigenvalue weighted by molar-refractivity contribution is 0.274. The summed E-state index contributed by atoms with van der Waals surface area (Å²) in [5.41, 5.74) is 8.33. The van der Waals surface area contributed by atoms with Gasteiger partial charge in [0, 0.05) is 6.54 Å². The van der Waals surface area contributed by atoms with Crippen LogP contribution in [0.4, 0.5) is 0 Å². The first-order valence-electron chi connectivity index (χ1n) is 6.55. The molecule has 18 heavy (non-hydrogen) atoms. The summed E-state index contributed by atoms with van der Waals surface area (Å²) in [4.78, 5) is 4.32. The van der Waals surface area contributed by atoms with Gasteiger partial charge in [0.25, 0.3) is 0 Å². The predicted octanol–water partition coefficient (Wildman–Crippen LogP) is 3.02. The van der Waals surface area contributed by atoms with Crippen LogP contribution in [-0.4, -0.2) is 16.1 Å². The molecule has 2 rings (SSSR count). The van der Waals surface area contributed by atoms with Gasteiger partial charge in [0.2, 0.25) is 0 Å². The highest BCUT2D eigenvalue weighted by molar-refractivity contribution is 5.59. The van der Waals surface area contributed by atoms with Gasteiger partial charge in [0.15, 0.2) is 0 Å². The maximum absolute atomic E-state index is 6.02. The molecule has 2 N–H and O–H groups in total. The van der Waals surface area contributed by atoms with E-state index in [1.807, 2.05) is 18.6 Å². The van der Waals surface area contributed by atoms with Crippen LogP contribution in [0.25, 0.3) is 11.3 Å². The Labute approximate surface area is 109 Å². The van der Waals surface area contributed by atoms with Gasteiger partial charge in [-0.05, 0) is 18.4 Å². The number of hydrogen-bond donors (Lipinski definition) is 1. The minimum Gasteiger partial charge on any atom is -0.328 e. The number of rotatable bonds is 5. The van der Waals surface area contributed by atoms with Gasteiger partial charge in [-0.3, -0.25) is 0 Å². The van der Waals surface area contributed by atoms with Gasteiger partial charge < -0.3 is 10.3 Å². The zero-order valence-electron chi connectivity index (χ0n) is 11.1. The van der Waals surface area contributed by atoms with Crippen molar-refractivity contribution in [2.24, 2.45) is 5.73 Å². The Bertz CT molecular complexity index is 475. The van der Waals surface area contributed by atoms with E-state index < -0.39 is 0 Å². The summed E-state index contributed by atoms with van der Waals surface area (Å²) in [5, 5.41) is 0. The molecule has 3 heteroatoms. The lowest BCUT2D eigenvalue weighted by atomic mass is 9.92. The molecule has 0 spiro atoms. The molecule has 1 aromatic carbocycles. The highest BCUT2D eigenvalue weighted by atomic mass is 15.1. The Morgan fingerprint density at radius 2 is 1.83 bits per heavy atom. The van der Waals surface area contributed by atoms with Crippen molar-refractivity contribution in [1.29, 1.82) is 0 Å². The predicted molar refractivity (Wildman–Crippen MR) is 75.3 cm³/mol. The molecule has 2 aromatic rings. The smallest absolute Gasteiger partial charge is 0.0956 e. The van der Waals surface area contributed by atoms with E-state index in [9.17, 15) is 0 Å². The first-order valence-corrected chi connectivity index (χ1v) is 6.55. The molecule has 0 unspecified atom stereocenters. The number of nitrogens with zero attached hydrogens (tertiary/aromatic N) is 2. The number of hydrogen-bond acceptors (Lipinski definition) is 2. The summed E-state index contributed by atoms with van der Waals surface area (Å²) in [5.74, 6) is 0. The molecule has 0 radical (unpaired) electrons. The summed E-state index contributed by atoms with van der Waals surface area (Å²) in [6.07, 6.45) is 5.85. The second-order valence-electron chi connectivity index (χ2n) is 4.65. The molecule has 3 nitrogen and oxygen atoms in total. The molecule has 96 valence electrons. The summed E-state index contributed by atoms with van der Waals surface area (Å²) in [6.45, 7) is 5.01. The minimum atomic E-state index is -0.0261. The quantitative estimate of drug-likeness (QED) is 0.877. The lowest BCUT2D eigenvalue weighted by Gasteiger charge is -2.33. The maximum atomic E-state index is 6.02. The molecule has 0 atom stereocenters. The monoisotopic (exact) mass is 243 g/mol. The van der Waals surface area contributed by atoms with Gasteiger partial charge in [-0.25, -0.2) is 4.98 Å². The van der Waals surface area contributed by atoms with Crippen molar-refractivity contribution < 1.29 is 0 Å². The fourth-order valence-electron chi connectivity index (χ4n) is 2.47. The third kappa shape index (κ3) is 2.06. The molecule has 1 heterocycles. The Balaban J connectivity index is 2.51. The Kier molecular flexibility index (Phi) is 3.82. The number of benzene rings is 1. The number of imidazole rings is 1. The van der Waals surface area contributed by atoms with Gasteiger partial charge in [0.1, 0.15) is 0 Å². The van der Waals surface area contributed by atoms with E-state index in [2.05, 4.69) is 47.7 Å². The second kappa shape index (κ2) is 5.36. The Morgan fingerprint density at radius 1 is 1.17 bits per heavy atom. The first-order chi connectivity index (χ1) is 8.77. The second-order valence-corrected chi connectivity index (χ2v) is 4.65. The highest BCUT2D eigenvalue weighted by Gasteiger charge is 2.28. The molecule has 0 saturated carbocycles. The van der Waals surface area contributed by atoms with E-state index in [4.69, 9.17) is 5.73 Å². The van der Waals surface area contributed by atoms with Crippen LogP contribution in [0.1, 0.15) is 26.7 Å². The lowest BCUT2D eigenvalue weighted by Crippen LogP contribution is -2.40. The topological polar surface area (TPSA) is 43.8 Å². The maximum Gasteiger partial charge on any atom is 0.0956 e. The molecule has 0 saturated heterocycles. The van der Waals surface area contributed by atoms with Crippen LogP contribution < -0.4 is 5.73 Å². The highest BCUT2D eigenvalue weighted by Crippen LogP contribution is 2.30. The van der Waals surface area contributed by atoms with Crippen LogP contribution in [0.3, 0.4) is 0 Å². The van der Waals surface area contributed by atoms with E-state index in [-0.39, 0.29) is 5.54 Å². The van der Waals surface area contributed by atoms with Crippen molar-refractivity contribution >= 4 is 0 Å². The molecule has 0 bridgehead atoms. The average molecular weight is 243 g/mol. The van der Waals surface area contributed by atoms with Gasteiger partial charge >= 0.3 is 0 Å². The first kappa shape index (κ1) is 12.8. The number of nitrogens with two attached hydrogens (primary N) is 1. The van der Waals surface area contributed by atoms with Gasteiger partial charge in [-0.2, -0.15) is 0 Å². The van der Waals surface area contributed by atoms with Crippen LogP contribution in [0, 0.1) is 0 Å². The molecule has 0 aliphatic heterocycles. The summed E-state index contributed by atoms with van der Waals surface area (Å²) < 4.78 is 2.24. The number of aromatic nitrogens is 2. The molecule has 1 aromatic heterocycles. The minimum absolute atomic E-state index is 0.0261. The van der Waals surface area contributed by atoms with Crippen LogP contribution in [0.2, 0.25) is 0 Å². The fourth-order valence-corrected chi connectivity index (χ4v) is 2.47. The van der Waals surface area contributed by atoms with Crippen molar-refractivity contribution in [1.82, 2.24) is 9.55 Å². The van der Waals surface area contributed by atoms with Gasteiger partial charge in [0.05, 0.1) is 23.8 Å². The zero-order valence-corrected chi connectivity index (χ0v) is 11.1. The average Bonchev–Trinajstić information content (AvgIpc) is 2.93. The molecular formula is C15H21N3. The normalized spacial score (nSPS) is 11.7. The summed E-state index contributed by atoms with van der Waals surface area (Å²) >= 11 is 0. The molecule has 0 aliphatic rings. The van der Waals surface area contributed by atoms with Crippen LogP contribution >= 0.6 is 0 Å². The van der Waals surface area contributed by atoms with Crippen LogP contribution in [0.15, 0.2) is 42.9 Å². The molecule has 0 fully saturated rings. The standard InChI is InChI=1S/C15H21N3/c1-3-15(4-2,11-16)18-12-17-10-14(18)13-8-6-5-7-9-13/h5-10,12H,3-4,11,16H2,1-2H3. The largest absolute Gasteiger partial charge is 0.328 e. The van der Waals surface area contributed by atoms with Crippen LogP contribution in [0.5, 0.6) is 0 Å². The molecule has 0 amide bonds. The third-order valence-electron chi connectivity index (χ3n) is 3.92. The van der Waals surface area contributed by atoms with Crippen molar-refractivity contribution in [3.8, 4) is 11.3 Å². The molecule has 0 aliphatic carbocycles. The Morgan fingerprint density at radius 3 is 2.39 bits per heavy atom. The summed E-state index contributed by atoms with van der Waals surface area (Å²) in [6, 6.07) is 10.4. The fraction of sp³-hybridized carbons (Fsp3) is 0.400. The zero-order chi connectivity index (χ0) is 13.0. The van der Waals surface area contributed by atoms with E-state index in [0.717, 1.165) is 18.5 Å². The van der Waals surface area contributed by atoms with E-state index in [1.54, 1.807) is 0 Å². The van der Waals surface area contributed by atoms with Crippen molar-refractivity contribution in [2.45, 2.75) is 32.2 Å². The van der Waals surface area contributed by atoms with Crippen molar-refractivity contribution in [3.05, 3.63) is 42.9 Å². The Hall–Kier alpha value is -1.61. The third-order valence-corrected chi connectivity index (χ3v) is 3.92. The van der Waals surface area contributed by atoms with Gasteiger partial charge in [-0.15, -0.1) is 0 Å².